The number of aromatic nitrogens is 3. The monoisotopic (exact) mass is 352 g/mol. The molecule has 7 nitrogen and oxygen atoms in total. The molecule has 1 aliphatic heterocycles. The van der Waals surface area contributed by atoms with E-state index in [1.807, 2.05) is 0 Å². The maximum absolute atomic E-state index is 14.1. The number of halogens is 1. The van der Waals surface area contributed by atoms with Crippen molar-refractivity contribution in [3.05, 3.63) is 42.4 Å². The normalized spacial score (nSPS) is 18.7. The van der Waals surface area contributed by atoms with E-state index < -0.39 is 21.9 Å². The maximum Gasteiger partial charge on any atom is 0.254 e. The van der Waals surface area contributed by atoms with Crippen LogP contribution in [-0.2, 0) is 16.4 Å². The molecule has 0 saturated carbocycles. The van der Waals surface area contributed by atoms with Crippen LogP contribution in [0.25, 0.3) is 0 Å². The van der Waals surface area contributed by atoms with Gasteiger partial charge in [-0.25, -0.2) is 13.4 Å². The first-order chi connectivity index (χ1) is 11.5. The maximum atomic E-state index is 14.1. The molecule has 24 heavy (non-hydrogen) atoms. The van der Waals surface area contributed by atoms with Crippen LogP contribution in [0.5, 0.6) is 5.88 Å². The van der Waals surface area contributed by atoms with Gasteiger partial charge >= 0.3 is 0 Å². The minimum absolute atomic E-state index is 0.132. The summed E-state index contributed by atoms with van der Waals surface area (Å²) in [6, 6.07) is 3.06. The van der Waals surface area contributed by atoms with Crippen molar-refractivity contribution in [3.63, 3.8) is 0 Å². The number of nitrogens with zero attached hydrogens (tertiary/aromatic N) is 4. The van der Waals surface area contributed by atoms with Crippen LogP contribution < -0.4 is 4.74 Å². The molecule has 1 saturated heterocycles. The predicted octanol–water partition coefficient (Wildman–Crippen LogP) is 1.42. The second kappa shape index (κ2) is 6.78. The van der Waals surface area contributed by atoms with Gasteiger partial charge in [-0.15, -0.1) is 0 Å². The van der Waals surface area contributed by atoms with Gasteiger partial charge in [0.25, 0.3) is 5.88 Å². The summed E-state index contributed by atoms with van der Waals surface area (Å²) in [4.78, 5) is 11.6. The lowest BCUT2D eigenvalue weighted by Gasteiger charge is -2.17. The number of hydrogen-bond acceptors (Lipinski definition) is 6. The summed E-state index contributed by atoms with van der Waals surface area (Å²) in [6.07, 6.45) is 4.50. The standard InChI is InChI=1S/C15H17FN4O3S/c1-2-13-14(16)15(19-10-18-13)23-11-5-7-20(9-11)24(21,22)12-4-3-6-17-8-12/h3-4,6,8,10-11H,2,5,7,9H2,1H3/t11-/m1/s1. The molecular weight excluding hydrogens is 335 g/mol. The third kappa shape index (κ3) is 3.22. The van der Waals surface area contributed by atoms with Crippen LogP contribution in [0.15, 0.2) is 35.7 Å². The van der Waals surface area contributed by atoms with E-state index in [0.29, 0.717) is 19.4 Å². The summed E-state index contributed by atoms with van der Waals surface area (Å²) in [5.74, 6) is -0.721. The van der Waals surface area contributed by atoms with Gasteiger partial charge in [0.15, 0.2) is 0 Å². The van der Waals surface area contributed by atoms with Crippen LogP contribution in [0.3, 0.4) is 0 Å². The number of sulfonamides is 1. The van der Waals surface area contributed by atoms with Crippen molar-refractivity contribution >= 4 is 10.0 Å². The Morgan fingerprint density at radius 2 is 2.25 bits per heavy atom. The highest BCUT2D eigenvalue weighted by Gasteiger charge is 2.34. The van der Waals surface area contributed by atoms with E-state index in [4.69, 9.17) is 4.74 Å². The molecule has 0 bridgehead atoms. The van der Waals surface area contributed by atoms with Gasteiger partial charge in [-0.2, -0.15) is 13.7 Å². The molecule has 0 radical (unpaired) electrons. The zero-order chi connectivity index (χ0) is 17.2. The fraction of sp³-hybridized carbons (Fsp3) is 0.400. The fourth-order valence-electron chi connectivity index (χ4n) is 2.54. The van der Waals surface area contributed by atoms with Crippen molar-refractivity contribution in [2.45, 2.75) is 30.8 Å². The highest BCUT2D eigenvalue weighted by atomic mass is 32.2. The quantitative estimate of drug-likeness (QED) is 0.809. The Bertz CT molecular complexity index is 817. The number of ether oxygens (including phenoxy) is 1. The van der Waals surface area contributed by atoms with Crippen molar-refractivity contribution in [2.75, 3.05) is 13.1 Å². The summed E-state index contributed by atoms with van der Waals surface area (Å²) in [5.41, 5.74) is 0.276. The predicted molar refractivity (Wildman–Crippen MR) is 83.4 cm³/mol. The van der Waals surface area contributed by atoms with Gasteiger partial charge in [-0.05, 0) is 25.0 Å². The van der Waals surface area contributed by atoms with Crippen molar-refractivity contribution in [1.82, 2.24) is 19.3 Å². The van der Waals surface area contributed by atoms with Crippen LogP contribution >= 0.6 is 0 Å². The van der Waals surface area contributed by atoms with E-state index in [0.717, 1.165) is 0 Å². The van der Waals surface area contributed by atoms with Gasteiger partial charge in [0.05, 0.1) is 12.2 Å². The van der Waals surface area contributed by atoms with E-state index in [1.54, 1.807) is 13.0 Å². The number of hydrogen-bond donors (Lipinski definition) is 0. The minimum Gasteiger partial charge on any atom is -0.471 e. The zero-order valence-corrected chi connectivity index (χ0v) is 13.9. The molecule has 2 aromatic heterocycles. The van der Waals surface area contributed by atoms with Gasteiger partial charge in [-0.3, -0.25) is 4.98 Å². The third-order valence-electron chi connectivity index (χ3n) is 3.82. The Labute approximate surface area is 139 Å². The molecule has 3 rings (SSSR count). The van der Waals surface area contributed by atoms with E-state index in [9.17, 15) is 12.8 Å². The van der Waals surface area contributed by atoms with E-state index >= 15 is 0 Å². The van der Waals surface area contributed by atoms with Crippen LogP contribution in [0.2, 0.25) is 0 Å². The van der Waals surface area contributed by atoms with Crippen molar-refractivity contribution < 1.29 is 17.5 Å². The second-order valence-corrected chi connectivity index (χ2v) is 7.31. The molecule has 1 atom stereocenters. The number of rotatable bonds is 5. The molecule has 128 valence electrons. The first-order valence-corrected chi connectivity index (χ1v) is 9.02. The molecular formula is C15H17FN4O3S. The van der Waals surface area contributed by atoms with Crippen LogP contribution in [0, 0.1) is 5.82 Å². The van der Waals surface area contributed by atoms with Crippen molar-refractivity contribution in [3.8, 4) is 5.88 Å². The Hall–Kier alpha value is -2.13. The van der Waals surface area contributed by atoms with E-state index in [2.05, 4.69) is 15.0 Å². The summed E-state index contributed by atoms with van der Waals surface area (Å²) in [5, 5.41) is 0. The molecule has 0 aromatic carbocycles. The van der Waals surface area contributed by atoms with Crippen molar-refractivity contribution in [1.29, 1.82) is 0 Å². The molecule has 9 heteroatoms. The fourth-order valence-corrected chi connectivity index (χ4v) is 3.99. The first kappa shape index (κ1) is 16.7. The molecule has 1 aliphatic rings. The third-order valence-corrected chi connectivity index (χ3v) is 5.67. The van der Waals surface area contributed by atoms with Gasteiger partial charge in [0.1, 0.15) is 17.3 Å². The molecule has 0 aliphatic carbocycles. The second-order valence-electron chi connectivity index (χ2n) is 5.37. The Balaban J connectivity index is 1.72. The van der Waals surface area contributed by atoms with E-state index in [-0.39, 0.29) is 23.0 Å². The average molecular weight is 352 g/mol. The highest BCUT2D eigenvalue weighted by molar-refractivity contribution is 7.89. The molecule has 0 unspecified atom stereocenters. The zero-order valence-electron chi connectivity index (χ0n) is 13.1. The summed E-state index contributed by atoms with van der Waals surface area (Å²) < 4.78 is 46.1. The van der Waals surface area contributed by atoms with Crippen LogP contribution in [0.4, 0.5) is 4.39 Å². The van der Waals surface area contributed by atoms with Crippen molar-refractivity contribution in [2.24, 2.45) is 0 Å². The number of aryl methyl sites for hydroxylation is 1. The van der Waals surface area contributed by atoms with Crippen LogP contribution in [-0.4, -0.2) is 46.9 Å². The molecule has 0 amide bonds. The first-order valence-electron chi connectivity index (χ1n) is 7.58. The van der Waals surface area contributed by atoms with Gasteiger partial charge < -0.3 is 4.74 Å². The lowest BCUT2D eigenvalue weighted by atomic mass is 10.3. The van der Waals surface area contributed by atoms with Gasteiger partial charge in [-0.1, -0.05) is 6.92 Å². The Morgan fingerprint density at radius 1 is 1.42 bits per heavy atom. The Kier molecular flexibility index (Phi) is 4.72. The molecule has 2 aromatic rings. The topological polar surface area (TPSA) is 85.3 Å². The minimum atomic E-state index is -3.62. The highest BCUT2D eigenvalue weighted by Crippen LogP contribution is 2.24. The molecule has 0 N–H and O–H groups in total. The lowest BCUT2D eigenvalue weighted by Crippen LogP contribution is -2.31. The summed E-state index contributed by atoms with van der Waals surface area (Å²) in [7, 11) is -3.62. The molecule has 1 fully saturated rings. The lowest BCUT2D eigenvalue weighted by molar-refractivity contribution is 0.195. The molecule has 0 spiro atoms. The molecule has 3 heterocycles. The smallest absolute Gasteiger partial charge is 0.254 e. The van der Waals surface area contributed by atoms with Gasteiger partial charge in [0, 0.05) is 18.9 Å². The largest absolute Gasteiger partial charge is 0.471 e. The SMILES string of the molecule is CCc1ncnc(O[C@@H]2CCN(S(=O)(=O)c3cccnc3)C2)c1F. The van der Waals surface area contributed by atoms with E-state index in [1.165, 1.54) is 29.1 Å². The summed E-state index contributed by atoms with van der Waals surface area (Å²) in [6.45, 7) is 2.23. The summed E-state index contributed by atoms with van der Waals surface area (Å²) >= 11 is 0. The Morgan fingerprint density at radius 3 is 2.96 bits per heavy atom. The number of pyridine rings is 1. The van der Waals surface area contributed by atoms with Gasteiger partial charge in [0.2, 0.25) is 15.8 Å². The average Bonchev–Trinajstić information content (AvgIpc) is 3.07. The van der Waals surface area contributed by atoms with Crippen LogP contribution in [0.1, 0.15) is 19.0 Å².